The Morgan fingerprint density at radius 2 is 1.69 bits per heavy atom. The Hall–Kier alpha value is -2.18. The van der Waals surface area contributed by atoms with E-state index in [2.05, 4.69) is 6.07 Å². The van der Waals surface area contributed by atoms with Gasteiger partial charge >= 0.3 is 0 Å². The molecule has 0 N–H and O–H groups in total. The number of sulfonamides is 1. The maximum Gasteiger partial charge on any atom is 0.258 e. The van der Waals surface area contributed by atoms with Crippen LogP contribution in [0.15, 0.2) is 41.3 Å². The van der Waals surface area contributed by atoms with Crippen molar-refractivity contribution in [2.75, 3.05) is 18.5 Å². The number of amides is 1. The van der Waals surface area contributed by atoms with Crippen LogP contribution in [0.2, 0.25) is 0 Å². The van der Waals surface area contributed by atoms with Gasteiger partial charge in [-0.2, -0.15) is 4.31 Å². The quantitative estimate of drug-likeness (QED) is 0.743. The molecule has 0 saturated carbocycles. The van der Waals surface area contributed by atoms with Gasteiger partial charge in [0.25, 0.3) is 5.91 Å². The topological polar surface area (TPSA) is 57.7 Å². The molecular formula is C23H30N2O3S. The van der Waals surface area contributed by atoms with E-state index in [1.165, 1.54) is 6.07 Å². The van der Waals surface area contributed by atoms with Gasteiger partial charge in [-0.05, 0) is 81.5 Å². The molecule has 3 rings (SSSR count). The Balaban J connectivity index is 1.97. The number of hydrogen-bond acceptors (Lipinski definition) is 3. The minimum absolute atomic E-state index is 0.0212. The third-order valence-corrected chi connectivity index (χ3v) is 7.70. The first-order chi connectivity index (χ1) is 13.6. The van der Waals surface area contributed by atoms with Crippen LogP contribution in [0, 0.1) is 20.8 Å². The normalized spacial score (nSPS) is 17.9. The Bertz CT molecular complexity index is 1010. The maximum absolute atomic E-state index is 13.2. The van der Waals surface area contributed by atoms with Crippen LogP contribution in [-0.4, -0.2) is 38.3 Å². The average Bonchev–Trinajstić information content (AvgIpc) is 2.66. The minimum atomic E-state index is -3.63. The fourth-order valence-electron chi connectivity index (χ4n) is 4.00. The van der Waals surface area contributed by atoms with Crippen molar-refractivity contribution in [2.45, 2.75) is 57.9 Å². The van der Waals surface area contributed by atoms with Gasteiger partial charge in [-0.25, -0.2) is 8.42 Å². The highest BCUT2D eigenvalue weighted by atomic mass is 32.2. The molecule has 5 nitrogen and oxygen atoms in total. The van der Waals surface area contributed by atoms with Crippen LogP contribution in [0.25, 0.3) is 0 Å². The summed E-state index contributed by atoms with van der Waals surface area (Å²) >= 11 is 0. The lowest BCUT2D eigenvalue weighted by atomic mass is 10.1. The highest BCUT2D eigenvalue weighted by molar-refractivity contribution is 7.89. The first-order valence-corrected chi connectivity index (χ1v) is 11.5. The molecule has 1 atom stereocenters. The monoisotopic (exact) mass is 414 g/mol. The Morgan fingerprint density at radius 1 is 1.03 bits per heavy atom. The zero-order valence-corrected chi connectivity index (χ0v) is 18.7. The smallest absolute Gasteiger partial charge is 0.258 e. The van der Waals surface area contributed by atoms with Crippen molar-refractivity contribution in [1.82, 2.24) is 4.31 Å². The van der Waals surface area contributed by atoms with E-state index in [0.29, 0.717) is 12.1 Å². The van der Waals surface area contributed by atoms with E-state index >= 15 is 0 Å². The van der Waals surface area contributed by atoms with Crippen LogP contribution < -0.4 is 4.90 Å². The van der Waals surface area contributed by atoms with Gasteiger partial charge in [0.1, 0.15) is 0 Å². The first kappa shape index (κ1) is 21.5. The average molecular weight is 415 g/mol. The van der Waals surface area contributed by atoms with Gasteiger partial charge in [-0.1, -0.05) is 18.6 Å². The Morgan fingerprint density at radius 3 is 2.31 bits per heavy atom. The second-order valence-electron chi connectivity index (χ2n) is 8.15. The van der Waals surface area contributed by atoms with Gasteiger partial charge in [-0.3, -0.25) is 4.79 Å². The molecule has 1 aliphatic heterocycles. The van der Waals surface area contributed by atoms with Crippen LogP contribution >= 0.6 is 0 Å². The van der Waals surface area contributed by atoms with E-state index in [9.17, 15) is 13.2 Å². The molecule has 1 fully saturated rings. The van der Waals surface area contributed by atoms with Gasteiger partial charge in [0.05, 0.1) is 4.90 Å². The van der Waals surface area contributed by atoms with Gasteiger partial charge in [0, 0.05) is 30.9 Å². The zero-order chi connectivity index (χ0) is 21.3. The van der Waals surface area contributed by atoms with Crippen LogP contribution in [0.5, 0.6) is 0 Å². The van der Waals surface area contributed by atoms with E-state index < -0.39 is 10.0 Å². The summed E-state index contributed by atoms with van der Waals surface area (Å²) in [6.07, 6.45) is 2.79. The molecular weight excluding hydrogens is 384 g/mol. The molecule has 2 aromatic rings. The third-order valence-electron chi connectivity index (χ3n) is 5.69. The van der Waals surface area contributed by atoms with E-state index in [1.807, 2.05) is 39.8 Å². The summed E-state index contributed by atoms with van der Waals surface area (Å²) in [5.41, 5.74) is 4.12. The van der Waals surface area contributed by atoms with Gasteiger partial charge in [-0.15, -0.1) is 0 Å². The lowest BCUT2D eigenvalue weighted by molar-refractivity contribution is 0.0992. The van der Waals surface area contributed by atoms with Crippen molar-refractivity contribution < 1.29 is 13.2 Å². The van der Waals surface area contributed by atoms with E-state index in [-0.39, 0.29) is 16.8 Å². The molecule has 0 aliphatic carbocycles. The van der Waals surface area contributed by atoms with Gasteiger partial charge in [0.15, 0.2) is 0 Å². The summed E-state index contributed by atoms with van der Waals surface area (Å²) in [7, 11) is -1.90. The highest BCUT2D eigenvalue weighted by Gasteiger charge is 2.31. The molecule has 0 bridgehead atoms. The minimum Gasteiger partial charge on any atom is -0.311 e. The summed E-state index contributed by atoms with van der Waals surface area (Å²) in [5, 5.41) is 0. The summed E-state index contributed by atoms with van der Waals surface area (Å²) < 4.78 is 28.0. The number of piperidine rings is 1. The summed E-state index contributed by atoms with van der Waals surface area (Å²) in [5.74, 6) is -0.212. The number of carbonyl (C=O) groups excluding carboxylic acids is 1. The van der Waals surface area contributed by atoms with Crippen molar-refractivity contribution in [3.8, 4) is 0 Å². The van der Waals surface area contributed by atoms with E-state index in [0.717, 1.165) is 41.6 Å². The molecule has 0 spiro atoms. The fraction of sp³-hybridized carbons (Fsp3) is 0.435. The molecule has 0 aromatic heterocycles. The van der Waals surface area contributed by atoms with Crippen molar-refractivity contribution in [3.05, 3.63) is 58.7 Å². The lowest BCUT2D eigenvalue weighted by Crippen LogP contribution is -2.42. The van der Waals surface area contributed by atoms with E-state index in [4.69, 9.17) is 0 Å². The molecule has 1 heterocycles. The van der Waals surface area contributed by atoms with Gasteiger partial charge in [0.2, 0.25) is 10.0 Å². The molecule has 1 saturated heterocycles. The van der Waals surface area contributed by atoms with Crippen molar-refractivity contribution in [2.24, 2.45) is 0 Å². The van der Waals surface area contributed by atoms with Crippen LogP contribution in [-0.2, 0) is 10.0 Å². The Kier molecular flexibility index (Phi) is 6.15. The second-order valence-corrected chi connectivity index (χ2v) is 10.0. The number of rotatable bonds is 4. The molecule has 2 aromatic carbocycles. The van der Waals surface area contributed by atoms with Crippen LogP contribution in [0.1, 0.15) is 53.2 Å². The summed E-state index contributed by atoms with van der Waals surface area (Å²) in [6.45, 7) is 8.30. The number of carbonyl (C=O) groups is 1. The molecule has 0 radical (unpaired) electrons. The lowest BCUT2D eigenvalue weighted by Gasteiger charge is -2.32. The second kappa shape index (κ2) is 8.28. The standard InChI is InChI=1S/C23H30N2O3S/c1-16-12-17(2)14-20(13-16)24(5)23(26)22-15-21(10-9-18(22)3)29(27,28)25-11-7-6-8-19(25)4/h9-10,12-15,19H,6-8,11H2,1-5H3. The largest absolute Gasteiger partial charge is 0.311 e. The predicted molar refractivity (Wildman–Crippen MR) is 117 cm³/mol. The van der Waals surface area contributed by atoms with Gasteiger partial charge < -0.3 is 4.90 Å². The fourth-order valence-corrected chi connectivity index (χ4v) is 5.72. The number of aryl methyl sites for hydroxylation is 3. The zero-order valence-electron chi connectivity index (χ0n) is 17.9. The maximum atomic E-state index is 13.2. The SMILES string of the molecule is Cc1cc(C)cc(N(C)C(=O)c2cc(S(=O)(=O)N3CCCCC3C)ccc2C)c1. The number of benzene rings is 2. The van der Waals surface area contributed by atoms with E-state index in [1.54, 1.807) is 28.4 Å². The molecule has 1 unspecified atom stereocenters. The predicted octanol–water partition coefficient (Wildman–Crippen LogP) is 4.45. The summed E-state index contributed by atoms with van der Waals surface area (Å²) in [4.78, 5) is 15.0. The van der Waals surface area contributed by atoms with Crippen LogP contribution in [0.3, 0.4) is 0 Å². The number of hydrogen-bond donors (Lipinski definition) is 0. The molecule has 156 valence electrons. The van der Waals surface area contributed by atoms with Crippen molar-refractivity contribution >= 4 is 21.6 Å². The molecule has 1 aliphatic rings. The van der Waals surface area contributed by atoms with Crippen molar-refractivity contribution in [1.29, 1.82) is 0 Å². The highest BCUT2D eigenvalue weighted by Crippen LogP contribution is 2.27. The molecule has 29 heavy (non-hydrogen) atoms. The summed E-state index contributed by atoms with van der Waals surface area (Å²) in [6, 6.07) is 10.8. The van der Waals surface area contributed by atoms with Crippen molar-refractivity contribution in [3.63, 3.8) is 0 Å². The molecule has 6 heteroatoms. The number of anilines is 1. The van der Waals surface area contributed by atoms with Crippen LogP contribution in [0.4, 0.5) is 5.69 Å². The molecule has 1 amide bonds. The Labute approximate surface area is 174 Å². The number of nitrogens with zero attached hydrogens (tertiary/aromatic N) is 2. The third kappa shape index (κ3) is 4.38. The first-order valence-electron chi connectivity index (χ1n) is 10.1.